The number of urea groups is 1. The normalized spacial score (nSPS) is 15.1. The molecule has 2 atom stereocenters. The number of carboxylic acid groups (broad SMARTS) is 1. The van der Waals surface area contributed by atoms with E-state index >= 15 is 0 Å². The molecule has 0 aliphatic rings. The SMILES string of the molecule is CC(O)C(NC(=O)NCC(F)(F)F)C(=O)O. The summed E-state index contributed by atoms with van der Waals surface area (Å²) >= 11 is 0. The van der Waals surface area contributed by atoms with E-state index in [-0.39, 0.29) is 0 Å². The number of nitrogens with one attached hydrogen (secondary N) is 2. The molecule has 0 aromatic carbocycles. The molecule has 16 heavy (non-hydrogen) atoms. The first-order valence-corrected chi connectivity index (χ1v) is 4.15. The minimum Gasteiger partial charge on any atom is -0.480 e. The van der Waals surface area contributed by atoms with Crippen molar-refractivity contribution in [2.45, 2.75) is 25.2 Å². The maximum absolute atomic E-state index is 11.7. The predicted octanol–water partition coefficient (Wildman–Crippen LogP) is -0.318. The number of rotatable bonds is 4. The summed E-state index contributed by atoms with van der Waals surface area (Å²) < 4.78 is 35.0. The van der Waals surface area contributed by atoms with Crippen LogP contribution in [0.1, 0.15) is 6.92 Å². The summed E-state index contributed by atoms with van der Waals surface area (Å²) in [6, 6.07) is -2.97. The van der Waals surface area contributed by atoms with Crippen molar-refractivity contribution in [3.8, 4) is 0 Å². The second-order valence-corrected chi connectivity index (χ2v) is 3.00. The highest BCUT2D eigenvalue weighted by Crippen LogP contribution is 2.11. The van der Waals surface area contributed by atoms with Crippen LogP contribution in [0, 0.1) is 0 Å². The summed E-state index contributed by atoms with van der Waals surface area (Å²) in [5.74, 6) is -1.54. The lowest BCUT2D eigenvalue weighted by Crippen LogP contribution is -2.52. The molecule has 0 aliphatic heterocycles. The molecule has 0 fully saturated rings. The lowest BCUT2D eigenvalue weighted by Gasteiger charge is -2.17. The molecule has 6 nitrogen and oxygen atoms in total. The zero-order chi connectivity index (χ0) is 12.9. The van der Waals surface area contributed by atoms with Gasteiger partial charge in [-0.15, -0.1) is 0 Å². The van der Waals surface area contributed by atoms with Crippen LogP contribution in [0.2, 0.25) is 0 Å². The van der Waals surface area contributed by atoms with Gasteiger partial charge in [-0.05, 0) is 6.92 Å². The molecule has 0 aliphatic carbocycles. The van der Waals surface area contributed by atoms with Crippen LogP contribution in [0.4, 0.5) is 18.0 Å². The molecule has 0 aromatic rings. The van der Waals surface area contributed by atoms with Gasteiger partial charge in [0.1, 0.15) is 6.54 Å². The van der Waals surface area contributed by atoms with Crippen molar-refractivity contribution in [1.82, 2.24) is 10.6 Å². The number of hydrogen-bond acceptors (Lipinski definition) is 3. The minimum absolute atomic E-state index is 1.09. The van der Waals surface area contributed by atoms with E-state index in [0.717, 1.165) is 6.92 Å². The molecule has 0 heterocycles. The fourth-order valence-electron chi connectivity index (χ4n) is 0.761. The van der Waals surface area contributed by atoms with E-state index in [9.17, 15) is 22.8 Å². The first kappa shape index (κ1) is 14.5. The summed E-state index contributed by atoms with van der Waals surface area (Å²) in [6.45, 7) is -0.492. The summed E-state index contributed by atoms with van der Waals surface area (Å²) in [5, 5.41) is 20.5. The van der Waals surface area contributed by atoms with Crippen LogP contribution in [0.3, 0.4) is 0 Å². The van der Waals surface area contributed by atoms with Gasteiger partial charge in [0, 0.05) is 0 Å². The second kappa shape index (κ2) is 5.54. The highest BCUT2D eigenvalue weighted by atomic mass is 19.4. The van der Waals surface area contributed by atoms with Crippen LogP contribution in [0.15, 0.2) is 0 Å². The third kappa shape index (κ3) is 6.06. The van der Waals surface area contributed by atoms with Crippen molar-refractivity contribution in [2.24, 2.45) is 0 Å². The van der Waals surface area contributed by atoms with Gasteiger partial charge >= 0.3 is 18.2 Å². The molecule has 94 valence electrons. The van der Waals surface area contributed by atoms with Crippen molar-refractivity contribution in [2.75, 3.05) is 6.54 Å². The monoisotopic (exact) mass is 244 g/mol. The smallest absolute Gasteiger partial charge is 0.405 e. The van der Waals surface area contributed by atoms with Gasteiger partial charge < -0.3 is 20.8 Å². The molecule has 2 amide bonds. The van der Waals surface area contributed by atoms with Crippen molar-refractivity contribution in [3.05, 3.63) is 0 Å². The van der Waals surface area contributed by atoms with Gasteiger partial charge in [-0.25, -0.2) is 9.59 Å². The van der Waals surface area contributed by atoms with Crippen LogP contribution < -0.4 is 10.6 Å². The van der Waals surface area contributed by atoms with Crippen molar-refractivity contribution >= 4 is 12.0 Å². The van der Waals surface area contributed by atoms with Gasteiger partial charge in [-0.1, -0.05) is 0 Å². The molecule has 0 saturated heterocycles. The fraction of sp³-hybridized carbons (Fsp3) is 0.714. The van der Waals surface area contributed by atoms with Crippen LogP contribution in [-0.4, -0.2) is 47.1 Å². The van der Waals surface area contributed by atoms with Gasteiger partial charge in [0.15, 0.2) is 6.04 Å². The standard InChI is InChI=1S/C7H11F3N2O4/c1-3(13)4(5(14)15)12-6(16)11-2-7(8,9)10/h3-4,13H,2H2,1H3,(H,14,15)(H2,11,12,16). The maximum atomic E-state index is 11.7. The van der Waals surface area contributed by atoms with Gasteiger partial charge in [-0.3, -0.25) is 0 Å². The Labute approximate surface area is 88.4 Å². The molecule has 9 heteroatoms. The Bertz CT molecular complexity index is 267. The van der Waals surface area contributed by atoms with E-state index in [1.807, 2.05) is 0 Å². The molecular formula is C7H11F3N2O4. The van der Waals surface area contributed by atoms with Gasteiger partial charge in [0.25, 0.3) is 0 Å². The lowest BCUT2D eigenvalue weighted by molar-refractivity contribution is -0.141. The molecule has 0 saturated carbocycles. The molecular weight excluding hydrogens is 233 g/mol. The summed E-state index contributed by atoms with van der Waals surface area (Å²) in [7, 11) is 0. The first-order chi connectivity index (χ1) is 7.13. The van der Waals surface area contributed by atoms with Gasteiger partial charge in [-0.2, -0.15) is 13.2 Å². The van der Waals surface area contributed by atoms with Gasteiger partial charge in [0.2, 0.25) is 0 Å². The molecule has 0 bridgehead atoms. The van der Waals surface area contributed by atoms with E-state index in [1.54, 1.807) is 5.32 Å². The zero-order valence-electron chi connectivity index (χ0n) is 8.21. The van der Waals surface area contributed by atoms with E-state index < -0.39 is 36.9 Å². The van der Waals surface area contributed by atoms with Crippen LogP contribution in [-0.2, 0) is 4.79 Å². The van der Waals surface area contributed by atoms with Crippen molar-refractivity contribution in [3.63, 3.8) is 0 Å². The first-order valence-electron chi connectivity index (χ1n) is 4.15. The van der Waals surface area contributed by atoms with E-state index in [4.69, 9.17) is 10.2 Å². The average Bonchev–Trinajstić information content (AvgIpc) is 2.08. The summed E-state index contributed by atoms with van der Waals surface area (Å²) in [4.78, 5) is 21.3. The highest BCUT2D eigenvalue weighted by Gasteiger charge is 2.29. The molecule has 4 N–H and O–H groups in total. The largest absolute Gasteiger partial charge is 0.480 e. The number of carbonyl (C=O) groups is 2. The molecule has 0 aromatic heterocycles. The zero-order valence-corrected chi connectivity index (χ0v) is 8.21. The topological polar surface area (TPSA) is 98.7 Å². The number of carboxylic acids is 1. The third-order valence-electron chi connectivity index (χ3n) is 1.48. The summed E-state index contributed by atoms with van der Waals surface area (Å²) in [5.41, 5.74) is 0. The van der Waals surface area contributed by atoms with Crippen molar-refractivity contribution < 1.29 is 33.0 Å². The van der Waals surface area contributed by atoms with E-state index in [1.165, 1.54) is 5.32 Å². The number of alkyl halides is 3. The minimum atomic E-state index is -4.58. The van der Waals surface area contributed by atoms with Crippen LogP contribution in [0.25, 0.3) is 0 Å². The average molecular weight is 244 g/mol. The lowest BCUT2D eigenvalue weighted by atomic mass is 10.2. The predicted molar refractivity (Wildman–Crippen MR) is 45.7 cm³/mol. The molecule has 0 spiro atoms. The number of carbonyl (C=O) groups excluding carboxylic acids is 1. The number of aliphatic hydroxyl groups excluding tert-OH is 1. The summed E-state index contributed by atoms with van der Waals surface area (Å²) in [6.07, 6.45) is -6.00. The van der Waals surface area contributed by atoms with E-state index in [0.29, 0.717) is 0 Å². The highest BCUT2D eigenvalue weighted by molar-refractivity contribution is 5.82. The second-order valence-electron chi connectivity index (χ2n) is 3.00. The Kier molecular flexibility index (Phi) is 5.02. The Morgan fingerprint density at radius 2 is 1.88 bits per heavy atom. The Morgan fingerprint density at radius 1 is 1.38 bits per heavy atom. The molecule has 0 radical (unpaired) electrons. The number of halogens is 3. The Hall–Kier alpha value is -1.51. The number of aliphatic carboxylic acids is 1. The Balaban J connectivity index is 4.17. The van der Waals surface area contributed by atoms with Crippen LogP contribution in [0.5, 0.6) is 0 Å². The maximum Gasteiger partial charge on any atom is 0.405 e. The third-order valence-corrected chi connectivity index (χ3v) is 1.48. The quantitative estimate of drug-likeness (QED) is 0.544. The van der Waals surface area contributed by atoms with E-state index in [2.05, 4.69) is 0 Å². The number of amides is 2. The van der Waals surface area contributed by atoms with Crippen molar-refractivity contribution in [1.29, 1.82) is 0 Å². The number of hydrogen-bond donors (Lipinski definition) is 4. The molecule has 0 rings (SSSR count). The number of aliphatic hydroxyl groups is 1. The molecule has 2 unspecified atom stereocenters. The Morgan fingerprint density at radius 3 is 2.19 bits per heavy atom. The van der Waals surface area contributed by atoms with Crippen LogP contribution >= 0.6 is 0 Å². The fourth-order valence-corrected chi connectivity index (χ4v) is 0.761. The van der Waals surface area contributed by atoms with Gasteiger partial charge in [0.05, 0.1) is 6.10 Å².